The topological polar surface area (TPSA) is 120 Å². The molecule has 4 aliphatic rings. The first-order chi connectivity index (χ1) is 20.6. The maximum Gasteiger partial charge on any atom is 0.322 e. The molecule has 4 aliphatic heterocycles. The lowest BCUT2D eigenvalue weighted by Crippen LogP contribution is -2.53. The Morgan fingerprint density at radius 1 is 1.09 bits per heavy atom. The molecule has 1 aromatic heterocycles. The number of hydrogen-bond acceptors (Lipinski definition) is 8. The van der Waals surface area contributed by atoms with Crippen LogP contribution in [0.4, 0.5) is 14.9 Å². The van der Waals surface area contributed by atoms with E-state index in [9.17, 15) is 18.8 Å². The molecule has 2 fully saturated rings. The lowest BCUT2D eigenvalue weighted by molar-refractivity contribution is -0.120. The summed E-state index contributed by atoms with van der Waals surface area (Å²) in [5.41, 5.74) is 1.69. The largest absolute Gasteiger partial charge is 0.494 e. The number of methoxy groups -OCH3 is 1. The number of ether oxygens (including phenoxy) is 1. The summed E-state index contributed by atoms with van der Waals surface area (Å²) in [5.74, 6) is 1.24. The maximum atomic E-state index is 13.8. The van der Waals surface area contributed by atoms with E-state index in [-0.39, 0.29) is 23.1 Å². The van der Waals surface area contributed by atoms with Crippen molar-refractivity contribution in [3.8, 4) is 5.75 Å². The second-order valence-electron chi connectivity index (χ2n) is 11.1. The molecular formula is C31H43FN6O5. The van der Waals surface area contributed by atoms with E-state index in [0.29, 0.717) is 24.8 Å². The first-order valence-electron chi connectivity index (χ1n) is 15.0. The predicted molar refractivity (Wildman–Crippen MR) is 161 cm³/mol. The molecule has 2 N–H and O–H groups in total. The van der Waals surface area contributed by atoms with Gasteiger partial charge in [-0.15, -0.1) is 0 Å². The molecule has 6 rings (SSSR count). The number of imide groups is 1. The van der Waals surface area contributed by atoms with Crippen molar-refractivity contribution in [2.45, 2.75) is 65.5 Å². The molecule has 0 spiro atoms. The van der Waals surface area contributed by atoms with Crippen LogP contribution in [0.3, 0.4) is 0 Å². The fourth-order valence-corrected chi connectivity index (χ4v) is 5.60. The molecule has 2 atom stereocenters. The molecule has 0 bridgehead atoms. The molecule has 2 aromatic rings. The maximum absolute atomic E-state index is 13.8. The Morgan fingerprint density at radius 2 is 1.84 bits per heavy atom. The highest BCUT2D eigenvalue weighted by molar-refractivity contribution is 6.04. The molecular weight excluding hydrogens is 555 g/mol. The average molecular weight is 599 g/mol. The second-order valence-corrected chi connectivity index (χ2v) is 11.1. The van der Waals surface area contributed by atoms with Crippen LogP contribution in [0.1, 0.15) is 74.0 Å². The van der Waals surface area contributed by atoms with E-state index < -0.39 is 17.9 Å². The van der Waals surface area contributed by atoms with Crippen molar-refractivity contribution in [1.82, 2.24) is 25.3 Å². The number of amides is 4. The third-order valence-electron chi connectivity index (χ3n) is 7.92. The molecule has 234 valence electrons. The summed E-state index contributed by atoms with van der Waals surface area (Å²) in [6.45, 7) is 13.4. The second kappa shape index (κ2) is 14.0. The van der Waals surface area contributed by atoms with Crippen LogP contribution in [-0.4, -0.2) is 91.3 Å². The number of urea groups is 1. The average Bonchev–Trinajstić information content (AvgIpc) is 3.57. The predicted octanol–water partition coefficient (Wildman–Crippen LogP) is 4.04. The standard InChI is InChI=1S/C17H23N5O3.C11H12FNO2.C3H8/c1-3-21-6-7-22(9-10(21)2)14-5-4-12-11(18-14)8-13(25-12)15-16(23)20-17(24)19-15;1-13-6-5-7-3-4-8(15-2)10(12)9(7)11(13)14;1-3-2/h8,10,15H,3-7,9H2,1-2H3,(H2,19,20,23,24);3-4H,5-6H2,1-2H3;3H2,1-2H3. The van der Waals surface area contributed by atoms with Crippen LogP contribution in [0.15, 0.2) is 27.6 Å². The van der Waals surface area contributed by atoms with Gasteiger partial charge in [0, 0.05) is 58.2 Å². The molecule has 2 saturated heterocycles. The Morgan fingerprint density at radius 3 is 2.47 bits per heavy atom. The van der Waals surface area contributed by atoms with Gasteiger partial charge in [0.1, 0.15) is 23.0 Å². The monoisotopic (exact) mass is 598 g/mol. The number of fused-ring (bicyclic) bond motifs is 2. The van der Waals surface area contributed by atoms with Crippen molar-refractivity contribution < 1.29 is 27.9 Å². The fraction of sp³-hybridized carbons (Fsp3) is 0.548. The highest BCUT2D eigenvalue weighted by Gasteiger charge is 2.35. The van der Waals surface area contributed by atoms with Crippen LogP contribution in [0.2, 0.25) is 0 Å². The van der Waals surface area contributed by atoms with E-state index in [1.54, 1.807) is 25.2 Å². The summed E-state index contributed by atoms with van der Waals surface area (Å²) < 4.78 is 24.4. The Labute approximate surface area is 252 Å². The number of nitrogens with zero attached hydrogens (tertiary/aromatic N) is 4. The Hall–Kier alpha value is -3.93. The number of nitrogens with one attached hydrogen (secondary N) is 2. The van der Waals surface area contributed by atoms with Gasteiger partial charge in [0.05, 0.1) is 12.7 Å². The van der Waals surface area contributed by atoms with Gasteiger partial charge in [-0.25, -0.2) is 14.2 Å². The number of hydrogen-bond donors (Lipinski definition) is 2. The number of rotatable bonds is 3. The molecule has 5 heterocycles. The van der Waals surface area contributed by atoms with Crippen molar-refractivity contribution in [3.05, 3.63) is 46.7 Å². The third-order valence-corrected chi connectivity index (χ3v) is 7.92. The van der Waals surface area contributed by atoms with Gasteiger partial charge in [-0.1, -0.05) is 33.3 Å². The first kappa shape index (κ1) is 32.0. The number of carbonyl (C=O) groups is 3. The quantitative estimate of drug-likeness (QED) is 0.512. The van der Waals surface area contributed by atoms with Crippen molar-refractivity contribution >= 4 is 29.4 Å². The van der Waals surface area contributed by atoms with Crippen LogP contribution in [-0.2, 0) is 17.6 Å². The molecule has 0 aliphatic carbocycles. The van der Waals surface area contributed by atoms with Gasteiger partial charge in [0.15, 0.2) is 17.6 Å². The summed E-state index contributed by atoms with van der Waals surface area (Å²) in [4.78, 5) is 46.0. The van der Waals surface area contributed by atoms with Crippen LogP contribution >= 0.6 is 0 Å². The van der Waals surface area contributed by atoms with Gasteiger partial charge in [-0.3, -0.25) is 19.8 Å². The van der Waals surface area contributed by atoms with Crippen LogP contribution in [0.25, 0.3) is 0 Å². The van der Waals surface area contributed by atoms with Crippen LogP contribution < -0.4 is 15.4 Å². The van der Waals surface area contributed by atoms with E-state index in [2.05, 4.69) is 48.1 Å². The number of likely N-dealkylation sites (N-methyl/N-ethyl adjacent to an activating group) is 2. The third kappa shape index (κ3) is 7.01. The zero-order chi connectivity index (χ0) is 31.3. The van der Waals surface area contributed by atoms with Crippen molar-refractivity contribution in [3.63, 3.8) is 0 Å². The minimum Gasteiger partial charge on any atom is -0.494 e. The van der Waals surface area contributed by atoms with E-state index in [4.69, 9.17) is 14.1 Å². The molecule has 11 nitrogen and oxygen atoms in total. The van der Waals surface area contributed by atoms with Gasteiger partial charge >= 0.3 is 6.03 Å². The molecule has 0 saturated carbocycles. The summed E-state index contributed by atoms with van der Waals surface area (Å²) in [6.07, 6.45) is 3.54. The zero-order valence-corrected chi connectivity index (χ0v) is 26.0. The number of piperazine rings is 1. The van der Waals surface area contributed by atoms with Gasteiger partial charge in [-0.2, -0.15) is 0 Å². The van der Waals surface area contributed by atoms with Gasteiger partial charge in [-0.05, 0) is 31.5 Å². The van der Waals surface area contributed by atoms with Gasteiger partial charge < -0.3 is 24.3 Å². The normalized spacial score (nSPS) is 21.4. The summed E-state index contributed by atoms with van der Waals surface area (Å²) >= 11 is 0. The highest BCUT2D eigenvalue weighted by Crippen LogP contribution is 2.34. The SMILES string of the molecule is CCC.CCN1CCN(C2=Nc3cc(C4NC(=O)NC4=O)oc3CC2)CC1C.COc1ccc2c(c1F)C(=O)N(C)CC2. The summed E-state index contributed by atoms with van der Waals surface area (Å²) in [7, 11) is 3.06. The molecule has 0 radical (unpaired) electrons. The van der Waals surface area contributed by atoms with E-state index in [1.165, 1.54) is 18.4 Å². The van der Waals surface area contributed by atoms with E-state index >= 15 is 0 Å². The lowest BCUT2D eigenvalue weighted by atomic mass is 9.98. The first-order valence-corrected chi connectivity index (χ1v) is 15.0. The van der Waals surface area contributed by atoms with E-state index in [1.807, 2.05) is 0 Å². The Balaban J connectivity index is 0.000000200. The number of halogens is 1. The van der Waals surface area contributed by atoms with Crippen LogP contribution in [0.5, 0.6) is 5.75 Å². The molecule has 2 unspecified atom stereocenters. The number of aliphatic imine (C=N–C) groups is 1. The van der Waals surface area contributed by atoms with Gasteiger partial charge in [0.25, 0.3) is 11.8 Å². The smallest absolute Gasteiger partial charge is 0.322 e. The van der Waals surface area contributed by atoms with Gasteiger partial charge in [0.2, 0.25) is 0 Å². The van der Waals surface area contributed by atoms with Crippen molar-refractivity contribution in [2.75, 3.05) is 46.9 Å². The Bertz CT molecular complexity index is 1370. The van der Waals surface area contributed by atoms with Crippen LogP contribution in [0, 0.1) is 5.82 Å². The molecule has 1 aromatic carbocycles. The fourth-order valence-electron chi connectivity index (χ4n) is 5.60. The number of carbonyl (C=O) groups excluding carboxylic acids is 3. The summed E-state index contributed by atoms with van der Waals surface area (Å²) in [6, 6.07) is 4.35. The highest BCUT2D eigenvalue weighted by atomic mass is 19.1. The van der Waals surface area contributed by atoms with E-state index in [0.717, 1.165) is 61.9 Å². The van der Waals surface area contributed by atoms with Crippen molar-refractivity contribution in [1.29, 1.82) is 0 Å². The minimum absolute atomic E-state index is 0.123. The zero-order valence-electron chi connectivity index (χ0n) is 26.0. The summed E-state index contributed by atoms with van der Waals surface area (Å²) in [5, 5.41) is 4.79. The number of aryl methyl sites for hydroxylation is 1. The minimum atomic E-state index is -0.759. The molecule has 12 heteroatoms. The molecule has 43 heavy (non-hydrogen) atoms. The number of amidine groups is 1. The van der Waals surface area contributed by atoms with Crippen molar-refractivity contribution in [2.24, 2.45) is 4.99 Å². The lowest BCUT2D eigenvalue weighted by Gasteiger charge is -2.41. The molecule has 4 amide bonds. The number of benzene rings is 1. The Kier molecular flexibility index (Phi) is 10.4. The number of furan rings is 1.